The fourth-order valence-corrected chi connectivity index (χ4v) is 4.05. The van der Waals surface area contributed by atoms with E-state index in [0.29, 0.717) is 17.8 Å². The Morgan fingerprint density at radius 3 is 2.21 bits per heavy atom. The van der Waals surface area contributed by atoms with Crippen LogP contribution in [-0.2, 0) is 16.4 Å². The van der Waals surface area contributed by atoms with Crippen LogP contribution in [0.1, 0.15) is 27.9 Å². The lowest BCUT2D eigenvalue weighted by Gasteiger charge is -2.12. The second-order valence-corrected chi connectivity index (χ2v) is 9.42. The lowest BCUT2D eigenvalue weighted by molar-refractivity contribution is 0.0953. The number of benzene rings is 3. The molecule has 172 valence electrons. The summed E-state index contributed by atoms with van der Waals surface area (Å²) in [6.45, 7) is 0.562. The fraction of sp³-hybridized carbons (Fsp3) is 0.192. The maximum Gasteiger partial charge on any atom is 0.255 e. The molecule has 0 radical (unpaired) electrons. The zero-order valence-corrected chi connectivity index (χ0v) is 19.7. The minimum absolute atomic E-state index is 0.184. The van der Waals surface area contributed by atoms with Gasteiger partial charge in [0.2, 0.25) is 0 Å². The van der Waals surface area contributed by atoms with E-state index in [4.69, 9.17) is 0 Å². The number of aryl methyl sites for hydroxylation is 1. The van der Waals surface area contributed by atoms with Gasteiger partial charge >= 0.3 is 0 Å². The Bertz CT molecular complexity index is 1170. The van der Waals surface area contributed by atoms with Crippen molar-refractivity contribution in [3.05, 3.63) is 101 Å². The first-order valence-corrected chi connectivity index (χ1v) is 12.3. The van der Waals surface area contributed by atoms with E-state index in [0.717, 1.165) is 29.5 Å². The van der Waals surface area contributed by atoms with E-state index in [9.17, 15) is 13.2 Å². The molecule has 6 nitrogen and oxygen atoms in total. The molecule has 7 heteroatoms. The van der Waals surface area contributed by atoms with Crippen LogP contribution in [0.15, 0.2) is 84.3 Å². The summed E-state index contributed by atoms with van der Waals surface area (Å²) < 4.78 is 27.0. The number of nitrogens with one attached hydrogen (secondary N) is 2. The van der Waals surface area contributed by atoms with Crippen LogP contribution in [0, 0.1) is 0 Å². The SMILES string of the molecule is CN(C)c1ccc(CCCNC(=O)c2ccc(NS(=O)(=O)/C=C/c3ccccc3)cc2)cc1. The third-order valence-corrected chi connectivity index (χ3v) is 6.04. The number of anilines is 2. The molecule has 0 heterocycles. The van der Waals surface area contributed by atoms with Gasteiger partial charge in [0.05, 0.1) is 5.41 Å². The molecule has 1 amide bonds. The van der Waals surface area contributed by atoms with Crippen molar-refractivity contribution in [2.45, 2.75) is 12.8 Å². The highest BCUT2D eigenvalue weighted by molar-refractivity contribution is 7.95. The molecular formula is C26H29N3O3S. The molecule has 0 aromatic heterocycles. The van der Waals surface area contributed by atoms with Gasteiger partial charge in [-0.3, -0.25) is 9.52 Å². The molecule has 0 unspecified atom stereocenters. The van der Waals surface area contributed by atoms with Gasteiger partial charge in [0.25, 0.3) is 15.9 Å². The fourth-order valence-electron chi connectivity index (χ4n) is 3.18. The second kappa shape index (κ2) is 11.3. The minimum Gasteiger partial charge on any atom is -0.378 e. The Morgan fingerprint density at radius 1 is 0.909 bits per heavy atom. The molecule has 3 aromatic rings. The highest BCUT2D eigenvalue weighted by atomic mass is 32.2. The summed E-state index contributed by atoms with van der Waals surface area (Å²) in [7, 11) is 0.367. The highest BCUT2D eigenvalue weighted by Crippen LogP contribution is 2.14. The topological polar surface area (TPSA) is 78.5 Å². The smallest absolute Gasteiger partial charge is 0.255 e. The summed E-state index contributed by atoms with van der Waals surface area (Å²) in [5.41, 5.74) is 4.05. The van der Waals surface area contributed by atoms with Crippen LogP contribution in [0.2, 0.25) is 0 Å². The number of hydrogen-bond donors (Lipinski definition) is 2. The summed E-state index contributed by atoms with van der Waals surface area (Å²) in [6, 6.07) is 23.9. The maximum absolute atomic E-state index is 12.4. The zero-order valence-electron chi connectivity index (χ0n) is 18.9. The molecule has 3 aromatic carbocycles. The molecule has 2 N–H and O–H groups in total. The summed E-state index contributed by atoms with van der Waals surface area (Å²) in [5.74, 6) is -0.184. The standard InChI is InChI=1S/C26H29N3O3S/c1-29(2)25-16-10-22(11-17-25)9-6-19-27-26(30)23-12-14-24(15-13-23)28-33(31,32)20-18-21-7-4-3-5-8-21/h3-5,7-8,10-18,20,28H,6,9,19H2,1-2H3,(H,27,30)/b20-18+. The third kappa shape index (κ3) is 7.80. The molecular weight excluding hydrogens is 434 g/mol. The van der Waals surface area contributed by atoms with E-state index in [1.807, 2.05) is 44.4 Å². The predicted octanol–water partition coefficient (Wildman–Crippen LogP) is 4.53. The third-order valence-electron chi connectivity index (χ3n) is 5.03. The Labute approximate surface area is 196 Å². The van der Waals surface area contributed by atoms with Crippen molar-refractivity contribution in [1.29, 1.82) is 0 Å². The van der Waals surface area contributed by atoms with Crippen molar-refractivity contribution >= 4 is 33.4 Å². The molecule has 0 atom stereocenters. The number of rotatable bonds is 10. The van der Waals surface area contributed by atoms with Crippen LogP contribution in [-0.4, -0.2) is 35.0 Å². The van der Waals surface area contributed by atoms with E-state index in [-0.39, 0.29) is 5.91 Å². The van der Waals surface area contributed by atoms with E-state index >= 15 is 0 Å². The van der Waals surface area contributed by atoms with Gasteiger partial charge in [-0.15, -0.1) is 0 Å². The molecule has 0 saturated carbocycles. The lowest BCUT2D eigenvalue weighted by Crippen LogP contribution is -2.24. The van der Waals surface area contributed by atoms with Crippen LogP contribution in [0.5, 0.6) is 0 Å². The van der Waals surface area contributed by atoms with Crippen LogP contribution < -0.4 is 14.9 Å². The number of sulfonamides is 1. The van der Waals surface area contributed by atoms with Gasteiger partial charge in [-0.25, -0.2) is 8.42 Å². The summed E-state index contributed by atoms with van der Waals surface area (Å²) >= 11 is 0. The monoisotopic (exact) mass is 463 g/mol. The van der Waals surface area contributed by atoms with E-state index in [2.05, 4.69) is 39.2 Å². The highest BCUT2D eigenvalue weighted by Gasteiger charge is 2.08. The first kappa shape index (κ1) is 24.1. The minimum atomic E-state index is -3.65. The summed E-state index contributed by atoms with van der Waals surface area (Å²) in [4.78, 5) is 14.4. The lowest BCUT2D eigenvalue weighted by atomic mass is 10.1. The number of carbonyl (C=O) groups is 1. The Balaban J connectivity index is 1.46. The largest absolute Gasteiger partial charge is 0.378 e. The van der Waals surface area contributed by atoms with E-state index in [1.165, 1.54) is 11.6 Å². The average molecular weight is 464 g/mol. The van der Waals surface area contributed by atoms with Crippen LogP contribution >= 0.6 is 0 Å². The van der Waals surface area contributed by atoms with E-state index in [1.54, 1.807) is 24.3 Å². The zero-order chi connectivity index (χ0) is 23.7. The molecule has 0 bridgehead atoms. The van der Waals surface area contributed by atoms with Gasteiger partial charge in [0.1, 0.15) is 0 Å². The number of amides is 1. The number of nitrogens with zero attached hydrogens (tertiary/aromatic N) is 1. The number of hydrogen-bond acceptors (Lipinski definition) is 4. The quantitative estimate of drug-likeness (QED) is 0.433. The molecule has 0 aliphatic rings. The first-order chi connectivity index (χ1) is 15.8. The van der Waals surface area contributed by atoms with Gasteiger partial charge in [0, 0.05) is 37.6 Å². The van der Waals surface area contributed by atoms with Crippen molar-refractivity contribution in [2.75, 3.05) is 30.3 Å². The molecule has 0 fully saturated rings. The van der Waals surface area contributed by atoms with Crippen molar-refractivity contribution < 1.29 is 13.2 Å². The van der Waals surface area contributed by atoms with Gasteiger partial charge < -0.3 is 10.2 Å². The number of carbonyl (C=O) groups excluding carboxylic acids is 1. The molecule has 3 rings (SSSR count). The summed E-state index contributed by atoms with van der Waals surface area (Å²) in [6.07, 6.45) is 3.24. The Hall–Kier alpha value is -3.58. The van der Waals surface area contributed by atoms with Gasteiger partial charge in [-0.1, -0.05) is 42.5 Å². The Morgan fingerprint density at radius 2 is 1.58 bits per heavy atom. The molecule has 33 heavy (non-hydrogen) atoms. The van der Waals surface area contributed by atoms with Crippen molar-refractivity contribution in [2.24, 2.45) is 0 Å². The van der Waals surface area contributed by atoms with Gasteiger partial charge in [-0.2, -0.15) is 0 Å². The van der Waals surface area contributed by atoms with E-state index < -0.39 is 10.0 Å². The van der Waals surface area contributed by atoms with Crippen LogP contribution in [0.3, 0.4) is 0 Å². The van der Waals surface area contributed by atoms with Gasteiger partial charge in [0.15, 0.2) is 0 Å². The van der Waals surface area contributed by atoms with Crippen molar-refractivity contribution in [3.8, 4) is 0 Å². The van der Waals surface area contributed by atoms with Crippen LogP contribution in [0.4, 0.5) is 11.4 Å². The second-order valence-electron chi connectivity index (χ2n) is 7.86. The molecule has 0 saturated heterocycles. The van der Waals surface area contributed by atoms with Crippen molar-refractivity contribution in [1.82, 2.24) is 5.32 Å². The molecule has 0 aliphatic carbocycles. The molecule has 0 spiro atoms. The predicted molar refractivity (Wildman–Crippen MR) is 136 cm³/mol. The van der Waals surface area contributed by atoms with Gasteiger partial charge in [-0.05, 0) is 66.4 Å². The summed E-state index contributed by atoms with van der Waals surface area (Å²) in [5, 5.41) is 4.03. The normalized spacial score (nSPS) is 11.3. The molecule has 0 aliphatic heterocycles. The first-order valence-electron chi connectivity index (χ1n) is 10.7. The van der Waals surface area contributed by atoms with Crippen LogP contribution in [0.25, 0.3) is 6.08 Å². The van der Waals surface area contributed by atoms with Crippen molar-refractivity contribution in [3.63, 3.8) is 0 Å². The average Bonchev–Trinajstić information content (AvgIpc) is 2.82. The maximum atomic E-state index is 12.4. The Kier molecular flexibility index (Phi) is 8.27.